The summed E-state index contributed by atoms with van der Waals surface area (Å²) in [6.45, 7) is 5.67. The molecule has 0 spiro atoms. The standard InChI is InChI=1S/C14H20N2/c1-4-10-16(5-2)12-14-9-7-6-8-13(14)11-15-3/h1,6-9,15H,5,10-12H2,2-3H3. The Bertz CT molecular complexity index is 352. The molecule has 1 rings (SSSR count). The van der Waals surface area contributed by atoms with Crippen molar-refractivity contribution in [3.05, 3.63) is 35.4 Å². The van der Waals surface area contributed by atoms with Gasteiger partial charge in [-0.1, -0.05) is 37.1 Å². The maximum Gasteiger partial charge on any atom is 0.0601 e. The summed E-state index contributed by atoms with van der Waals surface area (Å²) in [6, 6.07) is 8.49. The average molecular weight is 216 g/mol. The van der Waals surface area contributed by atoms with Crippen LogP contribution < -0.4 is 5.32 Å². The molecule has 1 N–H and O–H groups in total. The minimum absolute atomic E-state index is 0.713. The van der Waals surface area contributed by atoms with Gasteiger partial charge in [-0.25, -0.2) is 0 Å². The predicted molar refractivity (Wildman–Crippen MR) is 69.0 cm³/mol. The van der Waals surface area contributed by atoms with Gasteiger partial charge in [0.1, 0.15) is 0 Å². The number of nitrogens with zero attached hydrogens (tertiary/aromatic N) is 1. The summed E-state index contributed by atoms with van der Waals surface area (Å²) in [5, 5.41) is 3.19. The third-order valence-corrected chi connectivity index (χ3v) is 2.64. The molecule has 1 aromatic carbocycles. The van der Waals surface area contributed by atoms with E-state index in [0.717, 1.165) is 19.6 Å². The molecule has 0 bridgehead atoms. The Labute approximate surface area is 98.7 Å². The largest absolute Gasteiger partial charge is 0.316 e. The van der Waals surface area contributed by atoms with Crippen molar-refractivity contribution in [2.45, 2.75) is 20.0 Å². The predicted octanol–water partition coefficient (Wildman–Crippen LogP) is 1.86. The van der Waals surface area contributed by atoms with Gasteiger partial charge in [0.15, 0.2) is 0 Å². The summed E-state index contributed by atoms with van der Waals surface area (Å²) in [5.41, 5.74) is 2.70. The van der Waals surface area contributed by atoms with Crippen molar-refractivity contribution < 1.29 is 0 Å². The molecular formula is C14H20N2. The van der Waals surface area contributed by atoms with Crippen LogP contribution in [0, 0.1) is 12.3 Å². The molecule has 0 saturated heterocycles. The number of benzene rings is 1. The molecule has 0 aliphatic heterocycles. The maximum absolute atomic E-state index is 5.35. The van der Waals surface area contributed by atoms with Crippen LogP contribution in [0.15, 0.2) is 24.3 Å². The van der Waals surface area contributed by atoms with E-state index >= 15 is 0 Å². The molecule has 0 aromatic heterocycles. The van der Waals surface area contributed by atoms with E-state index in [4.69, 9.17) is 6.42 Å². The molecule has 0 aliphatic rings. The van der Waals surface area contributed by atoms with Crippen LogP contribution in [0.4, 0.5) is 0 Å². The topological polar surface area (TPSA) is 15.3 Å². The van der Waals surface area contributed by atoms with Crippen LogP contribution in [0.5, 0.6) is 0 Å². The molecule has 0 radical (unpaired) electrons. The van der Waals surface area contributed by atoms with Crippen LogP contribution >= 0.6 is 0 Å². The van der Waals surface area contributed by atoms with Gasteiger partial charge in [0, 0.05) is 13.1 Å². The first-order valence-corrected chi connectivity index (χ1v) is 5.69. The molecule has 0 saturated carbocycles. The van der Waals surface area contributed by atoms with E-state index in [2.05, 4.69) is 47.3 Å². The quantitative estimate of drug-likeness (QED) is 0.730. The summed E-state index contributed by atoms with van der Waals surface area (Å²) in [6.07, 6.45) is 5.35. The molecule has 1 aromatic rings. The van der Waals surface area contributed by atoms with Gasteiger partial charge in [-0.15, -0.1) is 6.42 Å². The number of hydrogen-bond donors (Lipinski definition) is 1. The zero-order valence-electron chi connectivity index (χ0n) is 10.2. The highest BCUT2D eigenvalue weighted by molar-refractivity contribution is 5.27. The maximum atomic E-state index is 5.35. The second kappa shape index (κ2) is 7.05. The first-order chi connectivity index (χ1) is 7.81. The number of nitrogens with one attached hydrogen (secondary N) is 1. The van der Waals surface area contributed by atoms with Gasteiger partial charge >= 0.3 is 0 Å². The van der Waals surface area contributed by atoms with Crippen molar-refractivity contribution in [3.63, 3.8) is 0 Å². The van der Waals surface area contributed by atoms with Crippen molar-refractivity contribution in [1.29, 1.82) is 0 Å². The molecule has 0 aliphatic carbocycles. The van der Waals surface area contributed by atoms with Gasteiger partial charge in [0.2, 0.25) is 0 Å². The number of terminal acetylenes is 1. The lowest BCUT2D eigenvalue weighted by molar-refractivity contribution is 0.315. The van der Waals surface area contributed by atoms with Crippen molar-refractivity contribution in [2.24, 2.45) is 0 Å². The summed E-state index contributed by atoms with van der Waals surface area (Å²) in [5.74, 6) is 2.70. The van der Waals surface area contributed by atoms with Crippen LogP contribution in [-0.2, 0) is 13.1 Å². The molecule has 0 heterocycles. The SMILES string of the molecule is C#CCN(CC)Cc1ccccc1CNC. The molecular weight excluding hydrogens is 196 g/mol. The monoisotopic (exact) mass is 216 g/mol. The highest BCUT2D eigenvalue weighted by Gasteiger charge is 2.05. The van der Waals surface area contributed by atoms with E-state index in [-0.39, 0.29) is 0 Å². The normalized spacial score (nSPS) is 10.4. The Balaban J connectivity index is 2.74. The molecule has 0 amide bonds. The van der Waals surface area contributed by atoms with Gasteiger partial charge in [-0.2, -0.15) is 0 Å². The lowest BCUT2D eigenvalue weighted by Gasteiger charge is -2.19. The van der Waals surface area contributed by atoms with Crippen molar-refractivity contribution in [2.75, 3.05) is 20.1 Å². The minimum Gasteiger partial charge on any atom is -0.316 e. The van der Waals surface area contributed by atoms with E-state index in [1.807, 2.05) is 7.05 Å². The van der Waals surface area contributed by atoms with Crippen LogP contribution in [0.3, 0.4) is 0 Å². The molecule has 0 fully saturated rings. The van der Waals surface area contributed by atoms with E-state index in [0.29, 0.717) is 6.54 Å². The van der Waals surface area contributed by atoms with Gasteiger partial charge < -0.3 is 5.32 Å². The third kappa shape index (κ3) is 3.69. The lowest BCUT2D eigenvalue weighted by atomic mass is 10.1. The van der Waals surface area contributed by atoms with Crippen molar-refractivity contribution >= 4 is 0 Å². The van der Waals surface area contributed by atoms with Gasteiger partial charge in [0.25, 0.3) is 0 Å². The number of rotatable bonds is 6. The highest BCUT2D eigenvalue weighted by atomic mass is 15.1. The van der Waals surface area contributed by atoms with Gasteiger partial charge in [-0.3, -0.25) is 4.90 Å². The van der Waals surface area contributed by atoms with E-state index in [1.165, 1.54) is 11.1 Å². The molecule has 0 unspecified atom stereocenters. The summed E-state index contributed by atoms with van der Waals surface area (Å²) < 4.78 is 0. The van der Waals surface area contributed by atoms with Crippen LogP contribution in [0.25, 0.3) is 0 Å². The zero-order chi connectivity index (χ0) is 11.8. The molecule has 0 atom stereocenters. The fourth-order valence-electron chi connectivity index (χ4n) is 1.72. The lowest BCUT2D eigenvalue weighted by Crippen LogP contribution is -2.24. The Morgan fingerprint density at radius 3 is 2.56 bits per heavy atom. The molecule has 2 heteroatoms. The minimum atomic E-state index is 0.713. The molecule has 2 nitrogen and oxygen atoms in total. The second-order valence-corrected chi connectivity index (χ2v) is 3.81. The average Bonchev–Trinajstić information content (AvgIpc) is 2.31. The Kier molecular flexibility index (Phi) is 5.63. The van der Waals surface area contributed by atoms with Crippen molar-refractivity contribution in [1.82, 2.24) is 10.2 Å². The fraction of sp³-hybridized carbons (Fsp3) is 0.429. The summed E-state index contributed by atoms with van der Waals surface area (Å²) in [4.78, 5) is 2.26. The first kappa shape index (κ1) is 12.8. The fourth-order valence-corrected chi connectivity index (χ4v) is 1.72. The van der Waals surface area contributed by atoms with Gasteiger partial charge in [-0.05, 0) is 24.7 Å². The Morgan fingerprint density at radius 1 is 1.31 bits per heavy atom. The van der Waals surface area contributed by atoms with Crippen LogP contribution in [0.1, 0.15) is 18.1 Å². The van der Waals surface area contributed by atoms with Crippen LogP contribution in [-0.4, -0.2) is 25.0 Å². The highest BCUT2D eigenvalue weighted by Crippen LogP contribution is 2.11. The van der Waals surface area contributed by atoms with E-state index in [1.54, 1.807) is 0 Å². The molecule has 16 heavy (non-hydrogen) atoms. The van der Waals surface area contributed by atoms with E-state index < -0.39 is 0 Å². The Hall–Kier alpha value is -1.30. The van der Waals surface area contributed by atoms with Gasteiger partial charge in [0.05, 0.1) is 6.54 Å². The van der Waals surface area contributed by atoms with E-state index in [9.17, 15) is 0 Å². The van der Waals surface area contributed by atoms with Crippen molar-refractivity contribution in [3.8, 4) is 12.3 Å². The third-order valence-electron chi connectivity index (χ3n) is 2.64. The smallest absolute Gasteiger partial charge is 0.0601 e. The number of hydrogen-bond acceptors (Lipinski definition) is 2. The van der Waals surface area contributed by atoms with Crippen LogP contribution in [0.2, 0.25) is 0 Å². The zero-order valence-corrected chi connectivity index (χ0v) is 10.2. The molecule has 86 valence electrons. The Morgan fingerprint density at radius 2 is 2.00 bits per heavy atom. The first-order valence-electron chi connectivity index (χ1n) is 5.69. The summed E-state index contributed by atoms with van der Waals surface area (Å²) >= 11 is 0. The second-order valence-electron chi connectivity index (χ2n) is 3.81. The summed E-state index contributed by atoms with van der Waals surface area (Å²) in [7, 11) is 1.97.